The quantitative estimate of drug-likeness (QED) is 0.167. The number of hydrogen-bond acceptors (Lipinski definition) is 2. The van der Waals surface area contributed by atoms with Crippen LogP contribution in [0.15, 0.2) is 162 Å². The fourth-order valence-corrected chi connectivity index (χ4v) is 6.14. The first-order valence-corrected chi connectivity index (χ1v) is 12.8. The van der Waals surface area contributed by atoms with E-state index < -0.39 is 77.2 Å². The smallest absolute Gasteiger partial charge is 0.0878 e. The van der Waals surface area contributed by atoms with Gasteiger partial charge in [0.2, 0.25) is 0 Å². The molecule has 0 amide bonds. The van der Waals surface area contributed by atoms with Gasteiger partial charge in [-0.1, -0.05) is 120 Å². The van der Waals surface area contributed by atoms with Gasteiger partial charge < -0.3 is 0 Å². The highest BCUT2D eigenvalue weighted by atomic mass is 15.5. The van der Waals surface area contributed by atoms with Crippen LogP contribution in [0.5, 0.6) is 0 Å². The number of rotatable bonds is 4. The Morgan fingerprint density at radius 3 is 1.45 bits per heavy atom. The van der Waals surface area contributed by atoms with Crippen LogP contribution in [-0.4, -0.2) is 0 Å². The summed E-state index contributed by atoms with van der Waals surface area (Å²) in [5.74, 6) is 0. The summed E-state index contributed by atoms with van der Waals surface area (Å²) in [7, 11) is 0. The number of hydrogen-bond donors (Lipinski definition) is 0. The lowest BCUT2D eigenvalue weighted by atomic mass is 9.70. The second kappa shape index (κ2) is 8.89. The van der Waals surface area contributed by atoms with Crippen LogP contribution in [0.4, 0.5) is 17.1 Å². The fraction of sp³-hybridized carbons (Fsp3) is 0.0270. The maximum Gasteiger partial charge on any atom is 0.0878 e. The Bertz CT molecular complexity index is 2290. The molecular weight excluding hydrogens is 486 g/mol. The highest BCUT2D eigenvalue weighted by molar-refractivity contribution is 5.95. The number of nitrogens with zero attached hydrogens (tertiary/aromatic N) is 3. The molecule has 2 aliphatic carbocycles. The Morgan fingerprint density at radius 1 is 0.500 bits per heavy atom. The minimum atomic E-state index is -0.677. The Balaban J connectivity index is 1.37. The van der Waals surface area contributed by atoms with Crippen LogP contribution in [0.3, 0.4) is 0 Å². The second-order valence-corrected chi connectivity index (χ2v) is 9.57. The molecule has 6 aromatic carbocycles. The van der Waals surface area contributed by atoms with Gasteiger partial charge in [-0.3, -0.25) is 0 Å². The van der Waals surface area contributed by atoms with Crippen LogP contribution in [0.1, 0.15) is 36.0 Å². The van der Waals surface area contributed by atoms with Gasteiger partial charge in [0, 0.05) is 0 Å². The molecule has 0 bridgehead atoms. The van der Waals surface area contributed by atoms with Crippen molar-refractivity contribution in [2.24, 2.45) is 10.3 Å². The van der Waals surface area contributed by atoms with E-state index in [4.69, 9.17) is 13.7 Å². The number of benzene rings is 6. The Hall–Kier alpha value is -5.28. The predicted octanol–water partition coefficient (Wildman–Crippen LogP) is 9.87. The van der Waals surface area contributed by atoms with Crippen molar-refractivity contribution >= 4 is 17.1 Å². The maximum absolute atomic E-state index is 8.64. The normalized spacial score (nSPS) is 17.1. The second-order valence-electron chi connectivity index (χ2n) is 9.57. The third-order valence-electron chi connectivity index (χ3n) is 7.63. The molecule has 0 fully saturated rings. The molecule has 0 radical (unpaired) electrons. The van der Waals surface area contributed by atoms with Gasteiger partial charge in [-0.05, 0) is 80.8 Å². The first kappa shape index (κ1) is 14.8. The summed E-state index contributed by atoms with van der Waals surface area (Å²) >= 11 is 0. The number of fused-ring (bicyclic) bond motifs is 10. The molecule has 8 rings (SSSR count). The van der Waals surface area contributed by atoms with Crippen molar-refractivity contribution in [3.8, 4) is 22.3 Å². The zero-order valence-corrected chi connectivity index (χ0v) is 21.0. The lowest BCUT2D eigenvalue weighted by Crippen LogP contribution is -2.25. The zero-order valence-electron chi connectivity index (χ0n) is 31.0. The summed E-state index contributed by atoms with van der Waals surface area (Å²) in [4.78, 5) is 0. The molecule has 188 valence electrons. The van der Waals surface area contributed by atoms with Crippen molar-refractivity contribution in [2.45, 2.75) is 5.41 Å². The lowest BCUT2D eigenvalue weighted by molar-refractivity contribution is 0.793. The predicted molar refractivity (Wildman–Crippen MR) is 162 cm³/mol. The molecule has 40 heavy (non-hydrogen) atoms. The number of anilines is 2. The highest BCUT2D eigenvalue weighted by Crippen LogP contribution is 2.62. The van der Waals surface area contributed by atoms with E-state index in [0.29, 0.717) is 5.69 Å². The van der Waals surface area contributed by atoms with Crippen LogP contribution in [-0.2, 0) is 5.41 Å². The van der Waals surface area contributed by atoms with E-state index in [9.17, 15) is 0 Å². The molecule has 0 unspecified atom stereocenters. The topological polar surface area (TPSA) is 28.0 Å². The first-order chi connectivity index (χ1) is 24.0. The molecule has 0 saturated heterocycles. The van der Waals surface area contributed by atoms with Crippen molar-refractivity contribution in [2.75, 3.05) is 5.01 Å². The van der Waals surface area contributed by atoms with Gasteiger partial charge in [-0.25, -0.2) is 5.01 Å². The SMILES string of the molecule is [2H]c1c([2H])c([2H])c(N(N=Nc2ccc3c(c2)C2(c4ccccc4-c4ccccc42)c2ccccc2-3)c2c([2H])c([2H])c([2H])c([2H])c2[2H])c([2H])c1[2H]. The Morgan fingerprint density at radius 2 is 0.950 bits per heavy atom. The molecular formula is C37H25N3. The van der Waals surface area contributed by atoms with Crippen molar-refractivity contribution in [1.29, 1.82) is 0 Å². The van der Waals surface area contributed by atoms with Crippen molar-refractivity contribution in [3.05, 3.63) is 174 Å². The van der Waals surface area contributed by atoms with E-state index in [0.717, 1.165) is 49.5 Å². The molecule has 1 spiro atoms. The average molecular weight is 522 g/mol. The minimum Gasteiger partial charge on any atom is -0.215 e. The van der Waals surface area contributed by atoms with E-state index in [2.05, 4.69) is 46.7 Å². The van der Waals surface area contributed by atoms with E-state index in [1.165, 1.54) is 0 Å². The summed E-state index contributed by atoms with van der Waals surface area (Å²) in [6.07, 6.45) is 0. The van der Waals surface area contributed by atoms with Gasteiger partial charge in [-0.2, -0.15) is 0 Å². The van der Waals surface area contributed by atoms with Gasteiger partial charge in [0.15, 0.2) is 0 Å². The lowest BCUT2D eigenvalue weighted by Gasteiger charge is -2.30. The van der Waals surface area contributed by atoms with Gasteiger partial charge in [0.25, 0.3) is 0 Å². The van der Waals surface area contributed by atoms with Crippen LogP contribution < -0.4 is 5.01 Å². The van der Waals surface area contributed by atoms with Crippen LogP contribution in [0.2, 0.25) is 0 Å². The zero-order chi connectivity index (χ0) is 35.2. The highest BCUT2D eigenvalue weighted by Gasteiger charge is 2.51. The van der Waals surface area contributed by atoms with E-state index >= 15 is 0 Å². The summed E-state index contributed by atoms with van der Waals surface area (Å²) in [5, 5.41) is 9.52. The summed E-state index contributed by atoms with van der Waals surface area (Å²) in [6.45, 7) is 0. The summed E-state index contributed by atoms with van der Waals surface area (Å²) in [6, 6.07) is 23.7. The fourth-order valence-electron chi connectivity index (χ4n) is 6.14. The van der Waals surface area contributed by atoms with Gasteiger partial charge in [0.05, 0.1) is 36.2 Å². The molecule has 3 nitrogen and oxygen atoms in total. The Labute approximate surface area is 247 Å². The van der Waals surface area contributed by atoms with Crippen molar-refractivity contribution < 1.29 is 13.7 Å². The first-order valence-electron chi connectivity index (χ1n) is 17.8. The molecule has 0 saturated carbocycles. The minimum absolute atomic E-state index is 0.336. The standard InChI is InChI=1S/C37H25N3/c1-3-13-27(14-4-1)40(28-15-5-2-6-16-28)39-38-26-23-24-32-31-19-9-12-22-35(31)37(36(32)25-26)33-20-10-7-17-29(33)30-18-8-11-21-34(30)37/h1-25H/i1D,2D,3D,4D,5D,6D,13D,14D,15D,16D. The van der Waals surface area contributed by atoms with Gasteiger partial charge in [-0.15, -0.1) is 5.11 Å². The third kappa shape index (κ3) is 3.18. The van der Waals surface area contributed by atoms with Gasteiger partial charge in [0.1, 0.15) is 0 Å². The van der Waals surface area contributed by atoms with E-state index in [-0.39, 0.29) is 0 Å². The van der Waals surface area contributed by atoms with Crippen LogP contribution >= 0.6 is 0 Å². The molecule has 2 aliphatic rings. The van der Waals surface area contributed by atoms with Crippen LogP contribution in [0, 0.1) is 0 Å². The molecule has 0 aromatic heterocycles. The molecule has 0 N–H and O–H groups in total. The van der Waals surface area contributed by atoms with Crippen LogP contribution in [0.25, 0.3) is 22.3 Å². The molecule has 6 aromatic rings. The largest absolute Gasteiger partial charge is 0.215 e. The third-order valence-corrected chi connectivity index (χ3v) is 7.63. The Kier molecular flexibility index (Phi) is 3.28. The average Bonchev–Trinajstić information content (AvgIpc) is 3.60. The van der Waals surface area contributed by atoms with Crippen molar-refractivity contribution in [1.82, 2.24) is 0 Å². The number of para-hydroxylation sites is 2. The molecule has 0 atom stereocenters. The monoisotopic (exact) mass is 521 g/mol. The molecule has 3 heteroatoms. The van der Waals surface area contributed by atoms with E-state index in [1.54, 1.807) is 6.07 Å². The summed E-state index contributed by atoms with van der Waals surface area (Å²) in [5.41, 5.74) is 7.22. The van der Waals surface area contributed by atoms with Gasteiger partial charge >= 0.3 is 0 Å². The van der Waals surface area contributed by atoms with Crippen molar-refractivity contribution in [3.63, 3.8) is 0 Å². The molecule has 0 heterocycles. The summed E-state index contributed by atoms with van der Waals surface area (Å²) < 4.78 is 83.8. The van der Waals surface area contributed by atoms with E-state index in [1.807, 2.05) is 48.5 Å². The maximum atomic E-state index is 8.64. The molecule has 0 aliphatic heterocycles.